The maximum atomic E-state index is 12.3. The first-order chi connectivity index (χ1) is 13.7. The Morgan fingerprint density at radius 1 is 1.11 bits per heavy atom. The molecule has 0 saturated carbocycles. The number of nitrogens with one attached hydrogen (secondary N) is 2. The van der Waals surface area contributed by atoms with E-state index in [0.29, 0.717) is 13.1 Å². The normalized spacial score (nSPS) is 13.9. The van der Waals surface area contributed by atoms with E-state index >= 15 is 0 Å². The fourth-order valence-corrected chi connectivity index (χ4v) is 5.05. The monoisotopic (exact) mass is 394 g/mol. The molecule has 3 aromatic rings. The van der Waals surface area contributed by atoms with Crippen molar-refractivity contribution in [2.75, 3.05) is 20.1 Å². The molecule has 0 atom stereocenters. The van der Waals surface area contributed by atoms with E-state index in [1.54, 1.807) is 0 Å². The third kappa shape index (κ3) is 4.29. The summed E-state index contributed by atoms with van der Waals surface area (Å²) in [4.78, 5) is 16.1. The van der Waals surface area contributed by atoms with Crippen LogP contribution in [0.2, 0.25) is 0 Å². The number of benzene rings is 1. The van der Waals surface area contributed by atoms with Gasteiger partial charge in [-0.1, -0.05) is 30.3 Å². The third-order valence-electron chi connectivity index (χ3n) is 5.14. The molecule has 0 saturated heterocycles. The van der Waals surface area contributed by atoms with Crippen LogP contribution in [0.3, 0.4) is 0 Å². The average molecular weight is 395 g/mol. The summed E-state index contributed by atoms with van der Waals surface area (Å²) in [5, 5.41) is 7.26. The minimum atomic E-state index is -0.109. The van der Waals surface area contributed by atoms with Crippen molar-refractivity contribution in [2.45, 2.75) is 25.9 Å². The van der Waals surface area contributed by atoms with Crippen LogP contribution in [0.4, 0.5) is 4.79 Å². The molecule has 0 radical (unpaired) electrons. The molecule has 3 heterocycles. The van der Waals surface area contributed by atoms with Gasteiger partial charge in [0.1, 0.15) is 5.00 Å². The Bertz CT molecular complexity index is 918. The third-order valence-corrected chi connectivity index (χ3v) is 6.42. The Kier molecular flexibility index (Phi) is 5.78. The zero-order valence-electron chi connectivity index (χ0n) is 16.1. The molecule has 6 heteroatoms. The van der Waals surface area contributed by atoms with Crippen LogP contribution in [0.25, 0.3) is 5.00 Å². The van der Waals surface area contributed by atoms with Gasteiger partial charge in [0, 0.05) is 49.0 Å². The summed E-state index contributed by atoms with van der Waals surface area (Å²) in [7, 11) is 2.16. The smallest absolute Gasteiger partial charge is 0.315 e. The van der Waals surface area contributed by atoms with Crippen molar-refractivity contribution in [3.63, 3.8) is 0 Å². The molecule has 0 unspecified atom stereocenters. The number of rotatable bonds is 6. The molecular weight excluding hydrogens is 368 g/mol. The van der Waals surface area contributed by atoms with Crippen molar-refractivity contribution in [3.8, 4) is 5.00 Å². The maximum Gasteiger partial charge on any atom is 0.315 e. The Hall–Kier alpha value is -2.57. The molecule has 2 aromatic heterocycles. The highest BCUT2D eigenvalue weighted by molar-refractivity contribution is 7.14. The number of aromatic nitrogens is 1. The van der Waals surface area contributed by atoms with Gasteiger partial charge in [-0.2, -0.15) is 0 Å². The number of urea groups is 1. The largest absolute Gasteiger partial charge is 0.338 e. The minimum Gasteiger partial charge on any atom is -0.338 e. The fraction of sp³-hybridized carbons (Fsp3) is 0.318. The van der Waals surface area contributed by atoms with Gasteiger partial charge in [0.25, 0.3) is 0 Å². The molecule has 5 nitrogen and oxygen atoms in total. The molecule has 146 valence electrons. The molecule has 2 N–H and O–H groups in total. The van der Waals surface area contributed by atoms with Gasteiger partial charge >= 0.3 is 6.03 Å². The summed E-state index contributed by atoms with van der Waals surface area (Å²) in [6, 6.07) is 14.2. The zero-order chi connectivity index (χ0) is 19.3. The van der Waals surface area contributed by atoms with Crippen molar-refractivity contribution in [1.82, 2.24) is 20.1 Å². The zero-order valence-corrected chi connectivity index (χ0v) is 17.0. The van der Waals surface area contributed by atoms with Crippen LogP contribution in [0.1, 0.15) is 21.6 Å². The molecule has 0 aliphatic carbocycles. The number of thiophene rings is 1. The molecule has 1 aliphatic rings. The van der Waals surface area contributed by atoms with Crippen molar-refractivity contribution >= 4 is 17.4 Å². The summed E-state index contributed by atoms with van der Waals surface area (Å²) in [6.07, 6.45) is 6.02. The summed E-state index contributed by atoms with van der Waals surface area (Å²) in [5.74, 6) is 0. The number of carbonyl (C=O) groups excluding carboxylic acids is 1. The summed E-state index contributed by atoms with van der Waals surface area (Å²) in [5.41, 5.74) is 3.90. The molecule has 0 fully saturated rings. The van der Waals surface area contributed by atoms with Crippen LogP contribution in [0.5, 0.6) is 0 Å². The topological polar surface area (TPSA) is 49.3 Å². The fourth-order valence-electron chi connectivity index (χ4n) is 3.64. The van der Waals surface area contributed by atoms with E-state index in [0.717, 1.165) is 25.9 Å². The summed E-state index contributed by atoms with van der Waals surface area (Å²) >= 11 is 1.84. The Labute approximate surface area is 170 Å². The lowest BCUT2D eigenvalue weighted by Crippen LogP contribution is -2.36. The quantitative estimate of drug-likeness (QED) is 0.672. The van der Waals surface area contributed by atoms with E-state index in [9.17, 15) is 4.79 Å². The van der Waals surface area contributed by atoms with Gasteiger partial charge in [-0.25, -0.2) is 4.79 Å². The standard InChI is InChI=1S/C22H26N4OS/c1-25-14-10-18-19(21(28-20(18)16-25)26-12-5-6-13-26)15-24-22(27)23-11-9-17-7-3-2-4-8-17/h2-8,12-13H,9-11,14-16H2,1H3,(H2,23,24,27). The minimum absolute atomic E-state index is 0.109. The van der Waals surface area contributed by atoms with Crippen molar-refractivity contribution in [1.29, 1.82) is 0 Å². The van der Waals surface area contributed by atoms with E-state index in [1.807, 2.05) is 41.7 Å². The second-order valence-corrected chi connectivity index (χ2v) is 8.29. The number of likely N-dealkylation sites (N-methyl/N-ethyl adjacent to an activating group) is 1. The molecule has 0 bridgehead atoms. The van der Waals surface area contributed by atoms with E-state index in [-0.39, 0.29) is 6.03 Å². The number of carbonyl (C=O) groups is 1. The van der Waals surface area contributed by atoms with Crippen LogP contribution in [-0.2, 0) is 25.9 Å². The Balaban J connectivity index is 1.40. The maximum absolute atomic E-state index is 12.3. The predicted molar refractivity (Wildman–Crippen MR) is 114 cm³/mol. The van der Waals surface area contributed by atoms with Crippen LogP contribution < -0.4 is 10.6 Å². The molecule has 1 aliphatic heterocycles. The number of fused-ring (bicyclic) bond motifs is 1. The van der Waals surface area contributed by atoms with Crippen LogP contribution in [-0.4, -0.2) is 35.6 Å². The molecule has 28 heavy (non-hydrogen) atoms. The molecular formula is C22H26N4OS. The lowest BCUT2D eigenvalue weighted by atomic mass is 10.0. The summed E-state index contributed by atoms with van der Waals surface area (Å²) in [6.45, 7) is 3.23. The molecule has 4 rings (SSSR count). The van der Waals surface area contributed by atoms with Gasteiger partial charge in [-0.15, -0.1) is 11.3 Å². The molecule has 1 aromatic carbocycles. The average Bonchev–Trinajstić information content (AvgIpc) is 3.34. The van der Waals surface area contributed by atoms with Crippen molar-refractivity contribution in [2.24, 2.45) is 0 Å². The van der Waals surface area contributed by atoms with Gasteiger partial charge in [0.2, 0.25) is 0 Å². The Morgan fingerprint density at radius 3 is 2.68 bits per heavy atom. The molecule has 0 spiro atoms. The van der Waals surface area contributed by atoms with E-state index in [4.69, 9.17) is 0 Å². The number of hydrogen-bond acceptors (Lipinski definition) is 3. The number of nitrogens with zero attached hydrogens (tertiary/aromatic N) is 2. The second-order valence-electron chi connectivity index (χ2n) is 7.21. The first kappa shape index (κ1) is 18.8. The number of hydrogen-bond donors (Lipinski definition) is 2. The van der Waals surface area contributed by atoms with Gasteiger partial charge < -0.3 is 20.1 Å². The van der Waals surface area contributed by atoms with E-state index < -0.39 is 0 Å². The predicted octanol–water partition coefficient (Wildman–Crippen LogP) is 3.57. The highest BCUT2D eigenvalue weighted by Gasteiger charge is 2.23. The van der Waals surface area contributed by atoms with Crippen LogP contribution in [0.15, 0.2) is 54.9 Å². The van der Waals surface area contributed by atoms with Gasteiger partial charge in [0.05, 0.1) is 0 Å². The van der Waals surface area contributed by atoms with Crippen LogP contribution >= 0.6 is 11.3 Å². The first-order valence-electron chi connectivity index (χ1n) is 9.71. The van der Waals surface area contributed by atoms with E-state index in [1.165, 1.54) is 26.6 Å². The Morgan fingerprint density at radius 2 is 1.89 bits per heavy atom. The number of amides is 2. The van der Waals surface area contributed by atoms with Gasteiger partial charge in [-0.3, -0.25) is 0 Å². The second kappa shape index (κ2) is 8.63. The molecule has 2 amide bonds. The van der Waals surface area contributed by atoms with Crippen molar-refractivity contribution in [3.05, 3.63) is 76.4 Å². The van der Waals surface area contributed by atoms with Crippen molar-refractivity contribution < 1.29 is 4.79 Å². The lowest BCUT2D eigenvalue weighted by molar-refractivity contribution is 0.240. The van der Waals surface area contributed by atoms with Gasteiger partial charge in [0.15, 0.2) is 0 Å². The van der Waals surface area contributed by atoms with Gasteiger partial charge in [-0.05, 0) is 43.1 Å². The van der Waals surface area contributed by atoms with Crippen LogP contribution in [0, 0.1) is 0 Å². The first-order valence-corrected chi connectivity index (χ1v) is 10.5. The van der Waals surface area contributed by atoms with E-state index in [2.05, 4.69) is 51.7 Å². The highest BCUT2D eigenvalue weighted by atomic mass is 32.1. The SMILES string of the molecule is CN1CCc2c(sc(-n3cccc3)c2CNC(=O)NCCc2ccccc2)C1. The summed E-state index contributed by atoms with van der Waals surface area (Å²) < 4.78 is 2.16. The lowest BCUT2D eigenvalue weighted by Gasteiger charge is -2.22. The highest BCUT2D eigenvalue weighted by Crippen LogP contribution is 2.35.